The normalized spacial score (nSPS) is 20.0. The Bertz CT molecular complexity index is 1480. The third-order valence-corrected chi connectivity index (χ3v) is 7.13. The highest BCUT2D eigenvalue weighted by Gasteiger charge is 2.82. The fourth-order valence-electron chi connectivity index (χ4n) is 3.94. The molecule has 0 spiro atoms. The van der Waals surface area contributed by atoms with Gasteiger partial charge in [-0.15, -0.1) is 0 Å². The van der Waals surface area contributed by atoms with Crippen LogP contribution in [0.2, 0.25) is 0 Å². The molecule has 41 heavy (non-hydrogen) atoms. The molecular formula is C21H22BrFN4O14. The van der Waals surface area contributed by atoms with E-state index in [9.17, 15) is 65.7 Å². The van der Waals surface area contributed by atoms with E-state index in [4.69, 9.17) is 9.47 Å². The molecule has 0 radical (unpaired) electrons. The predicted octanol–water partition coefficient (Wildman–Crippen LogP) is -3.25. The van der Waals surface area contributed by atoms with Crippen molar-refractivity contribution in [3.63, 3.8) is 0 Å². The van der Waals surface area contributed by atoms with Crippen molar-refractivity contribution in [2.45, 2.75) is 29.0 Å². The zero-order valence-corrected chi connectivity index (χ0v) is 21.9. The maximum absolute atomic E-state index is 14.7. The van der Waals surface area contributed by atoms with Gasteiger partial charge in [0, 0.05) is 11.5 Å². The summed E-state index contributed by atoms with van der Waals surface area (Å²) in [5.74, 6) is -22.2. The molecule has 0 amide bonds. The summed E-state index contributed by atoms with van der Waals surface area (Å²) in [7, 11) is 1.10. The summed E-state index contributed by atoms with van der Waals surface area (Å²) < 4.78 is 24.5. The number of ether oxygens (including phenoxy) is 2. The van der Waals surface area contributed by atoms with Crippen LogP contribution in [-0.2, 0) is 0 Å². The van der Waals surface area contributed by atoms with Crippen molar-refractivity contribution >= 4 is 38.3 Å². The lowest BCUT2D eigenvalue weighted by atomic mass is 9.76. The van der Waals surface area contributed by atoms with Crippen molar-refractivity contribution in [2.24, 2.45) is 0 Å². The van der Waals surface area contributed by atoms with Crippen LogP contribution < -0.4 is 20.1 Å². The molecule has 1 aliphatic heterocycles. The largest absolute Gasteiger partial charge is 0.504 e. The zero-order valence-electron chi connectivity index (χ0n) is 20.3. The number of aromatic hydroxyl groups is 3. The minimum Gasteiger partial charge on any atom is -0.504 e. The van der Waals surface area contributed by atoms with E-state index in [0.29, 0.717) is 0 Å². The van der Waals surface area contributed by atoms with Crippen LogP contribution in [0.25, 0.3) is 10.9 Å². The Labute approximate surface area is 234 Å². The molecule has 2 aromatic carbocycles. The number of hydrogen-bond acceptors (Lipinski definition) is 18. The number of fused-ring (bicyclic) bond motifs is 1. The molecule has 1 fully saturated rings. The third kappa shape index (κ3) is 4.33. The van der Waals surface area contributed by atoms with Crippen LogP contribution in [0.3, 0.4) is 0 Å². The summed E-state index contributed by atoms with van der Waals surface area (Å²) in [6, 6.07) is 2.18. The van der Waals surface area contributed by atoms with Gasteiger partial charge < -0.3 is 76.1 Å². The first kappa shape index (κ1) is 30.5. The molecule has 0 bridgehead atoms. The van der Waals surface area contributed by atoms with Gasteiger partial charge in [-0.05, 0) is 22.0 Å². The first-order chi connectivity index (χ1) is 18.7. The molecule has 1 aliphatic rings. The summed E-state index contributed by atoms with van der Waals surface area (Å²) in [6.45, 7) is -1.69. The van der Waals surface area contributed by atoms with Crippen molar-refractivity contribution in [1.29, 1.82) is 0 Å². The van der Waals surface area contributed by atoms with Gasteiger partial charge in [-0.1, -0.05) is 0 Å². The Morgan fingerprint density at radius 3 is 2.02 bits per heavy atom. The first-order valence-corrected chi connectivity index (χ1v) is 11.7. The number of aliphatic hydroxyl groups is 9. The van der Waals surface area contributed by atoms with Gasteiger partial charge in [0.15, 0.2) is 34.6 Å². The highest BCUT2D eigenvalue weighted by molar-refractivity contribution is 9.10. The van der Waals surface area contributed by atoms with Crippen LogP contribution in [0.4, 0.5) is 15.9 Å². The van der Waals surface area contributed by atoms with Crippen LogP contribution in [0.5, 0.6) is 28.7 Å². The summed E-state index contributed by atoms with van der Waals surface area (Å²) in [5, 5.41) is 124. The van der Waals surface area contributed by atoms with Gasteiger partial charge in [0.05, 0.1) is 12.6 Å². The minimum atomic E-state index is -4.34. The van der Waals surface area contributed by atoms with E-state index in [2.05, 4.69) is 31.2 Å². The molecule has 0 saturated carbocycles. The Hall–Kier alpha value is -3.41. The fraction of sp³-hybridized carbons (Fsp3) is 0.333. The van der Waals surface area contributed by atoms with E-state index in [0.717, 1.165) is 30.9 Å². The number of halogens is 2. The molecule has 224 valence electrons. The van der Waals surface area contributed by atoms with E-state index in [-0.39, 0.29) is 22.5 Å². The second-order valence-electron chi connectivity index (χ2n) is 8.88. The maximum atomic E-state index is 14.7. The smallest absolute Gasteiger partial charge is 0.287 e. The number of phenolic OH excluding ortho intramolecular Hbond substituents is 3. The molecule has 14 N–H and O–H groups in total. The molecule has 20 heteroatoms. The van der Waals surface area contributed by atoms with Gasteiger partial charge in [0.1, 0.15) is 28.9 Å². The molecule has 4 rings (SSSR count). The third-order valence-electron chi connectivity index (χ3n) is 6.38. The second kappa shape index (κ2) is 9.57. The topological polar surface area (TPSA) is 311 Å². The Morgan fingerprint density at radius 1 is 0.878 bits per heavy atom. The van der Waals surface area contributed by atoms with Crippen LogP contribution in [0.15, 0.2) is 22.9 Å². The van der Waals surface area contributed by atoms with Crippen molar-refractivity contribution in [1.82, 2.24) is 15.3 Å². The van der Waals surface area contributed by atoms with Crippen LogP contribution in [0.1, 0.15) is 0 Å². The van der Waals surface area contributed by atoms with Crippen molar-refractivity contribution in [3.8, 4) is 28.7 Å². The van der Waals surface area contributed by atoms with Crippen LogP contribution in [-0.4, -0.2) is 114 Å². The van der Waals surface area contributed by atoms with Gasteiger partial charge in [-0.25, -0.2) is 19.7 Å². The quantitative estimate of drug-likeness (QED) is 0.0706. The second-order valence-corrected chi connectivity index (χ2v) is 9.67. The molecule has 0 aliphatic carbocycles. The number of nitrogens with one attached hydrogen (secondary N) is 2. The Balaban J connectivity index is 1.76. The molecule has 1 saturated heterocycles. The SMILES string of the molecule is COc1cc2c(Nc3c(O)c(O)c(Br)c(O)c3F)ncnc2cc1OCC1(O)C(O)(O)C(O)(O)NC(O)(O)C1(O)O. The van der Waals surface area contributed by atoms with Crippen LogP contribution in [0, 0.1) is 5.82 Å². The average Bonchev–Trinajstić information content (AvgIpc) is 2.89. The number of nitrogens with zero attached hydrogens (tertiary/aromatic N) is 2. The standard InChI is InChI=1S/C21H22BrFN4O14/c1-40-8-2-6-7(24-5-25-16(6)26-12-11(23)13(28)10(22)14(29)15(12)30)3-9(8)41-4-17(31)18(32,33)20(36,37)27-21(38,39)19(17,34)35/h2-3,5,27-39H,4H2,1H3,(H,24,25,26). The molecule has 18 nitrogen and oxygen atoms in total. The lowest BCUT2D eigenvalue weighted by Crippen LogP contribution is -2.93. The summed E-state index contributed by atoms with van der Waals surface area (Å²) in [6.07, 6.45) is 0.936. The molecule has 3 aromatic rings. The van der Waals surface area contributed by atoms with Crippen LogP contribution >= 0.6 is 15.9 Å². The number of rotatable bonds is 6. The zero-order chi connectivity index (χ0) is 30.9. The highest BCUT2D eigenvalue weighted by Crippen LogP contribution is 2.49. The van der Waals surface area contributed by atoms with E-state index in [1.165, 1.54) is 0 Å². The van der Waals surface area contributed by atoms with Crippen molar-refractivity contribution in [2.75, 3.05) is 19.0 Å². The lowest BCUT2D eigenvalue weighted by molar-refractivity contribution is -0.551. The number of anilines is 2. The van der Waals surface area contributed by atoms with Gasteiger partial charge in [0.2, 0.25) is 5.60 Å². The van der Waals surface area contributed by atoms with Gasteiger partial charge in [0.25, 0.3) is 23.4 Å². The van der Waals surface area contributed by atoms with Gasteiger partial charge in [-0.3, -0.25) is 0 Å². The average molecular weight is 653 g/mol. The number of aromatic nitrogens is 2. The van der Waals surface area contributed by atoms with Gasteiger partial charge >= 0.3 is 0 Å². The number of methoxy groups -OCH3 is 1. The monoisotopic (exact) mass is 652 g/mol. The summed E-state index contributed by atoms with van der Waals surface area (Å²) in [5.41, 5.74) is -4.91. The number of piperidine rings is 1. The fourth-order valence-corrected chi connectivity index (χ4v) is 4.30. The van der Waals surface area contributed by atoms with E-state index in [1.807, 2.05) is 0 Å². The lowest BCUT2D eigenvalue weighted by Gasteiger charge is -2.58. The minimum absolute atomic E-state index is 0.0183. The molecule has 2 heterocycles. The summed E-state index contributed by atoms with van der Waals surface area (Å²) in [4.78, 5) is 7.86. The van der Waals surface area contributed by atoms with E-state index < -0.39 is 74.6 Å². The summed E-state index contributed by atoms with van der Waals surface area (Å²) >= 11 is 2.72. The Morgan fingerprint density at radius 2 is 1.46 bits per heavy atom. The predicted molar refractivity (Wildman–Crippen MR) is 131 cm³/mol. The van der Waals surface area contributed by atoms with E-state index in [1.54, 1.807) is 0 Å². The highest BCUT2D eigenvalue weighted by atomic mass is 79.9. The molecular weight excluding hydrogens is 631 g/mol. The first-order valence-electron chi connectivity index (χ1n) is 10.9. The van der Waals surface area contributed by atoms with Crippen molar-refractivity contribution in [3.05, 3.63) is 28.7 Å². The van der Waals surface area contributed by atoms with Gasteiger partial charge in [-0.2, -0.15) is 0 Å². The molecule has 1 aromatic heterocycles. The maximum Gasteiger partial charge on any atom is 0.287 e. The molecule has 0 unspecified atom stereocenters. The van der Waals surface area contributed by atoms with E-state index >= 15 is 0 Å². The Kier molecular flexibility index (Phi) is 7.13. The van der Waals surface area contributed by atoms with Crippen molar-refractivity contribution < 1.29 is 75.1 Å². The molecule has 0 atom stereocenters. The number of hydrogen-bond donors (Lipinski definition) is 14. The number of benzene rings is 2. The number of phenols is 3.